The van der Waals surface area contributed by atoms with Crippen LogP contribution in [0.2, 0.25) is 0 Å². The van der Waals surface area contributed by atoms with Gasteiger partial charge in [-0.2, -0.15) is 0 Å². The SMILES string of the molecule is CCOC(=O)[C@@H]1C(=O)C=C(c2ccccc2C)C[C@@H]1c1cccc(OC)c1. The molecule has 0 aromatic heterocycles. The van der Waals surface area contributed by atoms with E-state index in [4.69, 9.17) is 9.47 Å². The zero-order valence-electron chi connectivity index (χ0n) is 15.9. The van der Waals surface area contributed by atoms with Crippen LogP contribution in [-0.2, 0) is 14.3 Å². The van der Waals surface area contributed by atoms with Crippen molar-refractivity contribution < 1.29 is 19.1 Å². The summed E-state index contributed by atoms with van der Waals surface area (Å²) in [6.07, 6.45) is 2.20. The van der Waals surface area contributed by atoms with Gasteiger partial charge in [-0.1, -0.05) is 36.4 Å². The fourth-order valence-electron chi connectivity index (χ4n) is 3.69. The molecule has 2 atom stereocenters. The molecule has 3 rings (SSSR count). The van der Waals surface area contributed by atoms with E-state index < -0.39 is 11.9 Å². The van der Waals surface area contributed by atoms with Gasteiger partial charge in [0, 0.05) is 5.92 Å². The van der Waals surface area contributed by atoms with Crippen molar-refractivity contribution in [2.24, 2.45) is 5.92 Å². The number of carbonyl (C=O) groups is 2. The van der Waals surface area contributed by atoms with Crippen LogP contribution >= 0.6 is 0 Å². The number of hydrogen-bond donors (Lipinski definition) is 0. The fraction of sp³-hybridized carbons (Fsp3) is 0.304. The van der Waals surface area contributed by atoms with E-state index in [-0.39, 0.29) is 18.3 Å². The van der Waals surface area contributed by atoms with Gasteiger partial charge in [0.1, 0.15) is 11.7 Å². The van der Waals surface area contributed by atoms with Crippen LogP contribution in [0.25, 0.3) is 5.57 Å². The zero-order chi connectivity index (χ0) is 19.4. The van der Waals surface area contributed by atoms with Gasteiger partial charge in [0.05, 0.1) is 13.7 Å². The van der Waals surface area contributed by atoms with Crippen LogP contribution in [0.15, 0.2) is 54.6 Å². The van der Waals surface area contributed by atoms with E-state index in [1.807, 2.05) is 55.5 Å². The van der Waals surface area contributed by atoms with Crippen LogP contribution in [0, 0.1) is 12.8 Å². The van der Waals surface area contributed by atoms with Crippen LogP contribution in [0.1, 0.15) is 36.0 Å². The summed E-state index contributed by atoms with van der Waals surface area (Å²) in [6.45, 7) is 4.03. The average Bonchev–Trinajstić information content (AvgIpc) is 2.68. The third-order valence-corrected chi connectivity index (χ3v) is 5.02. The third-order valence-electron chi connectivity index (χ3n) is 5.02. The molecule has 0 heterocycles. The van der Waals surface area contributed by atoms with Gasteiger partial charge in [-0.15, -0.1) is 0 Å². The van der Waals surface area contributed by atoms with Crippen LogP contribution in [0.5, 0.6) is 5.75 Å². The number of aryl methyl sites for hydroxylation is 1. The Morgan fingerprint density at radius 2 is 1.93 bits per heavy atom. The van der Waals surface area contributed by atoms with Crippen molar-refractivity contribution in [1.82, 2.24) is 0 Å². The lowest BCUT2D eigenvalue weighted by molar-refractivity contribution is -0.151. The lowest BCUT2D eigenvalue weighted by Gasteiger charge is -2.30. The highest BCUT2D eigenvalue weighted by Crippen LogP contribution is 2.41. The van der Waals surface area contributed by atoms with E-state index >= 15 is 0 Å². The van der Waals surface area contributed by atoms with E-state index in [0.717, 1.165) is 22.3 Å². The maximum absolute atomic E-state index is 12.9. The van der Waals surface area contributed by atoms with Gasteiger partial charge in [-0.25, -0.2) is 0 Å². The predicted octanol–water partition coefficient (Wildman–Crippen LogP) is 4.32. The smallest absolute Gasteiger partial charge is 0.317 e. The molecule has 4 nitrogen and oxygen atoms in total. The minimum absolute atomic E-state index is 0.203. The second kappa shape index (κ2) is 8.21. The topological polar surface area (TPSA) is 52.6 Å². The number of benzene rings is 2. The Bertz CT molecular complexity index is 881. The number of ketones is 1. The molecule has 2 aromatic carbocycles. The number of methoxy groups -OCH3 is 1. The first-order valence-corrected chi connectivity index (χ1v) is 9.16. The molecule has 0 unspecified atom stereocenters. The van der Waals surface area contributed by atoms with Gasteiger partial charge in [-0.05, 0) is 60.7 Å². The Kier molecular flexibility index (Phi) is 5.75. The minimum atomic E-state index is -0.829. The van der Waals surface area contributed by atoms with Gasteiger partial charge < -0.3 is 9.47 Å². The van der Waals surface area contributed by atoms with Crippen LogP contribution < -0.4 is 4.74 Å². The van der Waals surface area contributed by atoms with Crippen molar-refractivity contribution in [1.29, 1.82) is 0 Å². The highest BCUT2D eigenvalue weighted by atomic mass is 16.5. The molecule has 0 aliphatic heterocycles. The highest BCUT2D eigenvalue weighted by molar-refractivity contribution is 6.10. The average molecular weight is 364 g/mol. The van der Waals surface area contributed by atoms with Crippen molar-refractivity contribution in [3.8, 4) is 5.75 Å². The lowest BCUT2D eigenvalue weighted by Crippen LogP contribution is -2.34. The van der Waals surface area contributed by atoms with Gasteiger partial charge in [0.15, 0.2) is 5.78 Å². The summed E-state index contributed by atoms with van der Waals surface area (Å²) < 4.78 is 10.5. The molecular formula is C23H24O4. The summed E-state index contributed by atoms with van der Waals surface area (Å²) in [5, 5.41) is 0. The molecule has 0 spiro atoms. The highest BCUT2D eigenvalue weighted by Gasteiger charge is 2.40. The molecule has 0 saturated heterocycles. The maximum atomic E-state index is 12.9. The molecule has 0 radical (unpaired) electrons. The van der Waals surface area contributed by atoms with Crippen molar-refractivity contribution in [3.05, 3.63) is 71.3 Å². The summed E-state index contributed by atoms with van der Waals surface area (Å²) in [5.41, 5.74) is 4.00. The molecule has 0 N–H and O–H groups in total. The quantitative estimate of drug-likeness (QED) is 0.586. The zero-order valence-corrected chi connectivity index (χ0v) is 15.9. The van der Waals surface area contributed by atoms with Gasteiger partial charge >= 0.3 is 5.97 Å². The maximum Gasteiger partial charge on any atom is 0.317 e. The summed E-state index contributed by atoms with van der Waals surface area (Å²) in [7, 11) is 1.60. The largest absolute Gasteiger partial charge is 0.497 e. The standard InChI is InChI=1S/C23H24O4/c1-4-27-23(25)22-20(16-9-7-10-18(12-16)26-3)13-17(14-21(22)24)19-11-6-5-8-15(19)2/h5-12,14,20,22H,4,13H2,1-3H3/t20-,22+/m1/s1. The molecule has 0 fully saturated rings. The molecule has 1 aliphatic rings. The Labute approximate surface area is 159 Å². The van der Waals surface area contributed by atoms with Crippen LogP contribution in [0.4, 0.5) is 0 Å². The van der Waals surface area contributed by atoms with Crippen molar-refractivity contribution in [2.45, 2.75) is 26.2 Å². The molecule has 0 saturated carbocycles. The molecule has 0 amide bonds. The first kappa shape index (κ1) is 18.9. The van der Waals surface area contributed by atoms with Gasteiger partial charge in [0.25, 0.3) is 0 Å². The summed E-state index contributed by atoms with van der Waals surface area (Å²) >= 11 is 0. The number of rotatable bonds is 5. The van der Waals surface area contributed by atoms with E-state index in [9.17, 15) is 9.59 Å². The van der Waals surface area contributed by atoms with Gasteiger partial charge in [0.2, 0.25) is 0 Å². The Hall–Kier alpha value is -2.88. The van der Waals surface area contributed by atoms with E-state index in [1.165, 1.54) is 0 Å². The second-order valence-corrected chi connectivity index (χ2v) is 6.70. The van der Waals surface area contributed by atoms with E-state index in [1.54, 1.807) is 20.1 Å². The predicted molar refractivity (Wildman–Crippen MR) is 105 cm³/mol. The second-order valence-electron chi connectivity index (χ2n) is 6.70. The molecule has 1 aliphatic carbocycles. The molecular weight excluding hydrogens is 340 g/mol. The van der Waals surface area contributed by atoms with E-state index in [0.29, 0.717) is 12.2 Å². The number of hydrogen-bond acceptors (Lipinski definition) is 4. The van der Waals surface area contributed by atoms with Gasteiger partial charge in [-0.3, -0.25) is 9.59 Å². The molecule has 140 valence electrons. The number of carbonyl (C=O) groups excluding carboxylic acids is 2. The summed E-state index contributed by atoms with van der Waals surface area (Å²) in [5.74, 6) is -1.08. The Morgan fingerprint density at radius 1 is 1.15 bits per heavy atom. The normalized spacial score (nSPS) is 19.4. The molecule has 4 heteroatoms. The number of ether oxygens (including phenoxy) is 2. The third kappa shape index (κ3) is 3.95. The monoisotopic (exact) mass is 364 g/mol. The van der Waals surface area contributed by atoms with Crippen molar-refractivity contribution in [2.75, 3.05) is 13.7 Å². The minimum Gasteiger partial charge on any atom is -0.497 e. The lowest BCUT2D eigenvalue weighted by atomic mass is 9.73. The Balaban J connectivity index is 2.06. The van der Waals surface area contributed by atoms with Crippen LogP contribution in [-0.4, -0.2) is 25.5 Å². The molecule has 27 heavy (non-hydrogen) atoms. The number of esters is 1. The Morgan fingerprint density at radius 3 is 2.63 bits per heavy atom. The first-order valence-electron chi connectivity index (χ1n) is 9.16. The molecule has 0 bridgehead atoms. The first-order chi connectivity index (χ1) is 13.0. The van der Waals surface area contributed by atoms with Crippen LogP contribution in [0.3, 0.4) is 0 Å². The van der Waals surface area contributed by atoms with Crippen molar-refractivity contribution in [3.63, 3.8) is 0 Å². The summed E-state index contributed by atoms with van der Waals surface area (Å²) in [6, 6.07) is 15.5. The van der Waals surface area contributed by atoms with Crippen molar-refractivity contribution >= 4 is 17.3 Å². The van der Waals surface area contributed by atoms with E-state index in [2.05, 4.69) is 0 Å². The number of allylic oxidation sites excluding steroid dienone is 2. The summed E-state index contributed by atoms with van der Waals surface area (Å²) in [4.78, 5) is 25.5. The molecule has 2 aromatic rings. The fourth-order valence-corrected chi connectivity index (χ4v) is 3.69.